The summed E-state index contributed by atoms with van der Waals surface area (Å²) in [6, 6.07) is 10.4. The van der Waals surface area contributed by atoms with E-state index in [1.807, 2.05) is 0 Å². The minimum atomic E-state index is -0.873. The number of aliphatic hydroxyl groups is 1. The second-order valence-electron chi connectivity index (χ2n) is 4.37. The highest BCUT2D eigenvalue weighted by atomic mass is 16.5. The van der Waals surface area contributed by atoms with Gasteiger partial charge in [0.15, 0.2) is 0 Å². The van der Waals surface area contributed by atoms with Crippen molar-refractivity contribution in [3.05, 3.63) is 53.5 Å². The molecule has 0 saturated heterocycles. The number of nitrogens with one attached hydrogen (secondary N) is 1. The van der Waals surface area contributed by atoms with Gasteiger partial charge in [-0.1, -0.05) is 12.1 Å². The second-order valence-corrected chi connectivity index (χ2v) is 4.37. The minimum absolute atomic E-state index is 0.0732. The Morgan fingerprint density at radius 1 is 1.35 bits per heavy atom. The summed E-state index contributed by atoms with van der Waals surface area (Å²) >= 11 is 0. The van der Waals surface area contributed by atoms with E-state index in [0.29, 0.717) is 17.1 Å². The number of aliphatic hydroxyl groups excluding tert-OH is 1. The molecule has 1 unspecified atom stereocenters. The lowest BCUT2D eigenvalue weighted by molar-refractivity contribution is 0.0897. The van der Waals surface area contributed by atoms with Gasteiger partial charge in [-0.2, -0.15) is 0 Å². The van der Waals surface area contributed by atoms with E-state index in [4.69, 9.17) is 9.15 Å². The fourth-order valence-electron chi connectivity index (χ4n) is 1.85. The lowest BCUT2D eigenvalue weighted by Crippen LogP contribution is -2.28. The van der Waals surface area contributed by atoms with E-state index in [9.17, 15) is 9.90 Å². The summed E-state index contributed by atoms with van der Waals surface area (Å²) in [5.74, 6) is 1.34. The molecule has 5 nitrogen and oxygen atoms in total. The van der Waals surface area contributed by atoms with Crippen LogP contribution in [0.3, 0.4) is 0 Å². The number of amides is 1. The van der Waals surface area contributed by atoms with Crippen LogP contribution in [0.15, 0.2) is 40.8 Å². The predicted molar refractivity (Wildman–Crippen MR) is 73.7 cm³/mol. The first-order valence-corrected chi connectivity index (χ1v) is 6.27. The largest absolute Gasteiger partial charge is 0.496 e. The SMILES string of the molecule is COc1ccccc1C(=O)NCC(O)c1ccc(C)o1. The van der Waals surface area contributed by atoms with E-state index in [1.54, 1.807) is 43.3 Å². The zero-order valence-electron chi connectivity index (χ0n) is 11.4. The number of carbonyl (C=O) groups is 1. The molecule has 0 saturated carbocycles. The number of hydrogen-bond acceptors (Lipinski definition) is 4. The van der Waals surface area contributed by atoms with Gasteiger partial charge in [-0.05, 0) is 31.2 Å². The number of hydrogen-bond donors (Lipinski definition) is 2. The van der Waals surface area contributed by atoms with E-state index >= 15 is 0 Å². The zero-order valence-corrected chi connectivity index (χ0v) is 11.4. The molecule has 0 bridgehead atoms. The Hall–Kier alpha value is -2.27. The number of benzene rings is 1. The highest BCUT2D eigenvalue weighted by molar-refractivity contribution is 5.96. The quantitative estimate of drug-likeness (QED) is 0.876. The van der Waals surface area contributed by atoms with Gasteiger partial charge < -0.3 is 19.6 Å². The van der Waals surface area contributed by atoms with Gasteiger partial charge in [-0.15, -0.1) is 0 Å². The molecule has 2 rings (SSSR count). The molecule has 0 radical (unpaired) electrons. The first-order chi connectivity index (χ1) is 9.61. The molecule has 0 aliphatic rings. The Labute approximate surface area is 117 Å². The minimum Gasteiger partial charge on any atom is -0.496 e. The fourth-order valence-corrected chi connectivity index (χ4v) is 1.85. The van der Waals surface area contributed by atoms with Crippen molar-refractivity contribution >= 4 is 5.91 Å². The lowest BCUT2D eigenvalue weighted by Gasteiger charge is -2.11. The van der Waals surface area contributed by atoms with Crippen LogP contribution < -0.4 is 10.1 Å². The molecule has 5 heteroatoms. The maximum absolute atomic E-state index is 12.0. The van der Waals surface area contributed by atoms with Crippen molar-refractivity contribution in [1.29, 1.82) is 0 Å². The number of methoxy groups -OCH3 is 1. The molecule has 2 aromatic rings. The summed E-state index contributed by atoms with van der Waals surface area (Å²) in [5, 5.41) is 12.6. The number of ether oxygens (including phenoxy) is 1. The van der Waals surface area contributed by atoms with Gasteiger partial charge in [0.25, 0.3) is 5.91 Å². The van der Waals surface area contributed by atoms with Crippen molar-refractivity contribution in [1.82, 2.24) is 5.32 Å². The van der Waals surface area contributed by atoms with Gasteiger partial charge >= 0.3 is 0 Å². The summed E-state index contributed by atoms with van der Waals surface area (Å²) in [5.41, 5.74) is 0.429. The fraction of sp³-hybridized carbons (Fsp3) is 0.267. The highest BCUT2D eigenvalue weighted by Crippen LogP contribution is 2.18. The molecule has 0 fully saturated rings. The van der Waals surface area contributed by atoms with E-state index in [0.717, 1.165) is 5.76 Å². The van der Waals surface area contributed by atoms with E-state index in [-0.39, 0.29) is 12.5 Å². The third kappa shape index (κ3) is 3.19. The number of para-hydroxylation sites is 1. The first-order valence-electron chi connectivity index (χ1n) is 6.27. The van der Waals surface area contributed by atoms with E-state index in [2.05, 4.69) is 5.32 Å². The van der Waals surface area contributed by atoms with Crippen LogP contribution in [-0.4, -0.2) is 24.7 Å². The Kier molecular flexibility index (Phi) is 4.42. The molecule has 20 heavy (non-hydrogen) atoms. The van der Waals surface area contributed by atoms with Crippen LogP contribution in [0.2, 0.25) is 0 Å². The van der Waals surface area contributed by atoms with Crippen molar-refractivity contribution in [3.8, 4) is 5.75 Å². The average molecular weight is 275 g/mol. The topological polar surface area (TPSA) is 71.7 Å². The number of aryl methyl sites for hydroxylation is 1. The van der Waals surface area contributed by atoms with Crippen molar-refractivity contribution < 1.29 is 19.1 Å². The van der Waals surface area contributed by atoms with Gasteiger partial charge in [0.05, 0.1) is 19.2 Å². The number of carbonyl (C=O) groups excluding carboxylic acids is 1. The van der Waals surface area contributed by atoms with Gasteiger partial charge in [0.2, 0.25) is 0 Å². The lowest BCUT2D eigenvalue weighted by atomic mass is 10.2. The maximum atomic E-state index is 12.0. The normalized spacial score (nSPS) is 11.9. The molecule has 1 atom stereocenters. The van der Waals surface area contributed by atoms with Crippen LogP contribution in [0.25, 0.3) is 0 Å². The Morgan fingerprint density at radius 3 is 2.75 bits per heavy atom. The van der Waals surface area contributed by atoms with Crippen LogP contribution in [0.1, 0.15) is 28.0 Å². The van der Waals surface area contributed by atoms with Crippen molar-refractivity contribution in [2.45, 2.75) is 13.0 Å². The van der Waals surface area contributed by atoms with Crippen molar-refractivity contribution in [3.63, 3.8) is 0 Å². The van der Waals surface area contributed by atoms with Gasteiger partial charge in [0, 0.05) is 0 Å². The van der Waals surface area contributed by atoms with Crippen molar-refractivity contribution in [2.75, 3.05) is 13.7 Å². The molecule has 1 heterocycles. The molecule has 106 valence electrons. The zero-order chi connectivity index (χ0) is 14.5. The summed E-state index contributed by atoms with van der Waals surface area (Å²) in [7, 11) is 1.51. The van der Waals surface area contributed by atoms with E-state index < -0.39 is 6.10 Å². The Bertz CT molecular complexity index is 591. The van der Waals surface area contributed by atoms with Crippen LogP contribution >= 0.6 is 0 Å². The molecule has 1 aromatic heterocycles. The number of rotatable bonds is 5. The third-order valence-corrected chi connectivity index (χ3v) is 2.90. The summed E-state index contributed by atoms with van der Waals surface area (Å²) in [4.78, 5) is 12.0. The molecule has 1 amide bonds. The van der Waals surface area contributed by atoms with Crippen LogP contribution in [0, 0.1) is 6.92 Å². The smallest absolute Gasteiger partial charge is 0.255 e. The second kappa shape index (κ2) is 6.25. The first kappa shape index (κ1) is 14.1. The van der Waals surface area contributed by atoms with Crippen LogP contribution in [0.4, 0.5) is 0 Å². The highest BCUT2D eigenvalue weighted by Gasteiger charge is 2.15. The molecule has 0 aliphatic heterocycles. The maximum Gasteiger partial charge on any atom is 0.255 e. The molecule has 1 aromatic carbocycles. The van der Waals surface area contributed by atoms with Gasteiger partial charge in [0.1, 0.15) is 23.4 Å². The summed E-state index contributed by atoms with van der Waals surface area (Å²) in [6.45, 7) is 1.87. The molecular formula is C15H17NO4. The molecule has 2 N–H and O–H groups in total. The van der Waals surface area contributed by atoms with E-state index in [1.165, 1.54) is 7.11 Å². The molecule has 0 aliphatic carbocycles. The Morgan fingerprint density at radius 2 is 2.10 bits per heavy atom. The molecular weight excluding hydrogens is 258 g/mol. The average Bonchev–Trinajstić information content (AvgIpc) is 2.91. The van der Waals surface area contributed by atoms with Crippen LogP contribution in [-0.2, 0) is 0 Å². The Balaban J connectivity index is 1.98. The molecule has 0 spiro atoms. The predicted octanol–water partition coefficient (Wildman–Crippen LogP) is 2.06. The van der Waals surface area contributed by atoms with Crippen molar-refractivity contribution in [2.24, 2.45) is 0 Å². The third-order valence-electron chi connectivity index (χ3n) is 2.90. The van der Waals surface area contributed by atoms with Gasteiger partial charge in [-0.25, -0.2) is 0 Å². The monoisotopic (exact) mass is 275 g/mol. The number of furan rings is 1. The summed E-state index contributed by atoms with van der Waals surface area (Å²) < 4.78 is 10.4. The van der Waals surface area contributed by atoms with Crippen LogP contribution in [0.5, 0.6) is 5.75 Å². The summed E-state index contributed by atoms with van der Waals surface area (Å²) in [6.07, 6.45) is -0.873. The standard InChI is InChI=1S/C15H17NO4/c1-10-7-8-14(20-10)12(17)9-16-15(18)11-5-3-4-6-13(11)19-2/h3-8,12,17H,9H2,1-2H3,(H,16,18). The van der Waals surface area contributed by atoms with Gasteiger partial charge in [-0.3, -0.25) is 4.79 Å².